The molecule has 0 bridgehead atoms. The highest BCUT2D eigenvalue weighted by Crippen LogP contribution is 2.37. The van der Waals surface area contributed by atoms with Crippen molar-refractivity contribution in [2.45, 2.75) is 58.3 Å². The number of phenolic OH excluding ortho intramolecular Hbond substituents is 1. The minimum atomic E-state index is -0.786. The van der Waals surface area contributed by atoms with Gasteiger partial charge in [-0.2, -0.15) is 0 Å². The number of rotatable bonds is 10. The molecule has 22 heavy (non-hydrogen) atoms. The van der Waals surface area contributed by atoms with E-state index in [0.717, 1.165) is 31.4 Å². The van der Waals surface area contributed by atoms with Crippen molar-refractivity contribution in [1.29, 1.82) is 0 Å². The number of hydrogen-bond donors (Lipinski definition) is 1. The fourth-order valence-corrected chi connectivity index (χ4v) is 2.47. The minimum Gasteiger partial charge on any atom is -0.507 e. The van der Waals surface area contributed by atoms with Crippen molar-refractivity contribution in [3.63, 3.8) is 0 Å². The topological polar surface area (TPSA) is 107 Å². The van der Waals surface area contributed by atoms with Gasteiger partial charge in [0, 0.05) is 6.07 Å². The van der Waals surface area contributed by atoms with Gasteiger partial charge in [0.2, 0.25) is 0 Å². The molecule has 0 heterocycles. The summed E-state index contributed by atoms with van der Waals surface area (Å²) in [4.78, 5) is 20.4. The highest BCUT2D eigenvalue weighted by molar-refractivity contribution is 5.62. The molecule has 0 saturated heterocycles. The third-order valence-corrected chi connectivity index (χ3v) is 3.65. The Hall–Kier alpha value is -2.18. The van der Waals surface area contributed by atoms with Crippen LogP contribution < -0.4 is 0 Å². The Morgan fingerprint density at radius 2 is 1.55 bits per heavy atom. The molecular weight excluding hydrogens is 288 g/mol. The van der Waals surface area contributed by atoms with Crippen LogP contribution in [0, 0.1) is 20.2 Å². The largest absolute Gasteiger partial charge is 0.507 e. The number of nitro benzene ring substituents is 2. The summed E-state index contributed by atoms with van der Waals surface area (Å²) < 4.78 is 0. The number of hydrogen-bond acceptors (Lipinski definition) is 5. The van der Waals surface area contributed by atoms with Crippen LogP contribution >= 0.6 is 0 Å². The van der Waals surface area contributed by atoms with Gasteiger partial charge in [-0.1, -0.05) is 45.4 Å². The maximum atomic E-state index is 11.1. The van der Waals surface area contributed by atoms with E-state index < -0.39 is 21.2 Å². The molecule has 122 valence electrons. The Bertz CT molecular complexity index is 531. The second-order valence-electron chi connectivity index (χ2n) is 5.32. The zero-order valence-corrected chi connectivity index (χ0v) is 12.8. The first-order valence-electron chi connectivity index (χ1n) is 7.62. The van der Waals surface area contributed by atoms with Gasteiger partial charge in [0.05, 0.1) is 15.4 Å². The second-order valence-corrected chi connectivity index (χ2v) is 5.32. The highest BCUT2D eigenvalue weighted by Gasteiger charge is 2.30. The molecule has 1 aromatic rings. The van der Waals surface area contributed by atoms with E-state index in [2.05, 4.69) is 6.92 Å². The Balaban J connectivity index is 2.71. The SMILES string of the molecule is CCCCCCCCCc1c(O)ccc([N+](=O)[O-])c1[N+](=O)[O-]. The van der Waals surface area contributed by atoms with E-state index in [9.17, 15) is 25.3 Å². The van der Waals surface area contributed by atoms with Crippen molar-refractivity contribution in [3.8, 4) is 5.75 Å². The monoisotopic (exact) mass is 310 g/mol. The molecule has 0 aliphatic carbocycles. The molecule has 0 amide bonds. The highest BCUT2D eigenvalue weighted by atomic mass is 16.6. The van der Waals surface area contributed by atoms with Gasteiger partial charge >= 0.3 is 11.4 Å². The molecule has 7 nitrogen and oxygen atoms in total. The van der Waals surface area contributed by atoms with Crippen LogP contribution in [0.1, 0.15) is 57.4 Å². The Labute approximate surface area is 129 Å². The van der Waals surface area contributed by atoms with E-state index in [1.54, 1.807) is 0 Å². The zero-order valence-electron chi connectivity index (χ0n) is 12.8. The van der Waals surface area contributed by atoms with Gasteiger partial charge in [-0.25, -0.2) is 0 Å². The third-order valence-electron chi connectivity index (χ3n) is 3.65. The molecule has 0 spiro atoms. The molecule has 0 aliphatic rings. The van der Waals surface area contributed by atoms with Crippen LogP contribution in [0.2, 0.25) is 0 Å². The maximum Gasteiger partial charge on any atom is 0.352 e. The van der Waals surface area contributed by atoms with Crippen LogP contribution in [0.3, 0.4) is 0 Å². The quantitative estimate of drug-likeness (QED) is 0.389. The minimum absolute atomic E-state index is 0.0627. The van der Waals surface area contributed by atoms with Gasteiger partial charge in [0.25, 0.3) is 0 Å². The van der Waals surface area contributed by atoms with Crippen LogP contribution in [0.25, 0.3) is 0 Å². The lowest BCUT2D eigenvalue weighted by molar-refractivity contribution is -0.423. The first-order chi connectivity index (χ1) is 10.5. The number of unbranched alkanes of at least 4 members (excludes halogenated alkanes) is 6. The van der Waals surface area contributed by atoms with Gasteiger partial charge < -0.3 is 5.11 Å². The standard InChI is InChI=1S/C15H22N2O5/c1-2-3-4-5-6-7-8-9-12-14(18)11-10-13(16(19)20)15(12)17(21)22/h10-11,18H,2-9H2,1H3. The molecule has 0 fully saturated rings. The van der Waals surface area contributed by atoms with Gasteiger partial charge in [-0.15, -0.1) is 0 Å². The average Bonchev–Trinajstić information content (AvgIpc) is 2.46. The molecule has 0 saturated carbocycles. The number of benzene rings is 1. The summed E-state index contributed by atoms with van der Waals surface area (Å²) in [7, 11) is 0. The summed E-state index contributed by atoms with van der Waals surface area (Å²) in [6.45, 7) is 2.14. The van der Waals surface area contributed by atoms with Crippen molar-refractivity contribution >= 4 is 11.4 Å². The molecule has 0 radical (unpaired) electrons. The fraction of sp³-hybridized carbons (Fsp3) is 0.600. The average molecular weight is 310 g/mol. The normalized spacial score (nSPS) is 10.6. The van der Waals surface area contributed by atoms with Gasteiger partial charge in [-0.3, -0.25) is 20.2 Å². The smallest absolute Gasteiger partial charge is 0.352 e. The number of nitrogens with zero attached hydrogens (tertiary/aromatic N) is 2. The van der Waals surface area contributed by atoms with Gasteiger partial charge in [-0.05, 0) is 18.9 Å². The van der Waals surface area contributed by atoms with Crippen molar-refractivity contribution in [1.82, 2.24) is 0 Å². The second kappa shape index (κ2) is 8.96. The third kappa shape index (κ3) is 4.98. The lowest BCUT2D eigenvalue weighted by Gasteiger charge is -2.06. The van der Waals surface area contributed by atoms with Crippen LogP contribution in [0.15, 0.2) is 12.1 Å². The van der Waals surface area contributed by atoms with Gasteiger partial charge in [0.15, 0.2) is 0 Å². The Kier molecular flexibility index (Phi) is 7.28. The number of nitro groups is 2. The fourth-order valence-electron chi connectivity index (χ4n) is 2.47. The van der Waals surface area contributed by atoms with E-state index in [0.29, 0.717) is 6.42 Å². The predicted octanol–water partition coefficient (Wildman–Crippen LogP) is 4.50. The lowest BCUT2D eigenvalue weighted by atomic mass is 10.0. The summed E-state index contributed by atoms with van der Waals surface area (Å²) >= 11 is 0. The van der Waals surface area contributed by atoms with E-state index in [-0.39, 0.29) is 17.7 Å². The molecule has 0 aliphatic heterocycles. The van der Waals surface area contributed by atoms with Crippen molar-refractivity contribution in [3.05, 3.63) is 37.9 Å². The Morgan fingerprint density at radius 1 is 0.955 bits per heavy atom. The van der Waals surface area contributed by atoms with Crippen LogP contribution in [-0.2, 0) is 6.42 Å². The van der Waals surface area contributed by atoms with Crippen LogP contribution in [-0.4, -0.2) is 15.0 Å². The first-order valence-corrected chi connectivity index (χ1v) is 7.62. The van der Waals surface area contributed by atoms with Crippen LogP contribution in [0.5, 0.6) is 5.75 Å². The maximum absolute atomic E-state index is 11.1. The molecule has 1 aromatic carbocycles. The molecule has 1 N–H and O–H groups in total. The molecule has 1 rings (SSSR count). The molecule has 0 aromatic heterocycles. The summed E-state index contributed by atoms with van der Waals surface area (Å²) in [5.41, 5.74) is -1.09. The zero-order chi connectivity index (χ0) is 16.5. The summed E-state index contributed by atoms with van der Waals surface area (Å²) in [5, 5.41) is 31.8. The molecule has 0 atom stereocenters. The lowest BCUT2D eigenvalue weighted by Crippen LogP contribution is -2.01. The van der Waals surface area contributed by atoms with Crippen LogP contribution in [0.4, 0.5) is 11.4 Å². The van der Waals surface area contributed by atoms with Crippen molar-refractivity contribution in [2.75, 3.05) is 0 Å². The molecule has 7 heteroatoms. The summed E-state index contributed by atoms with van der Waals surface area (Å²) in [6, 6.07) is 2.13. The van der Waals surface area contributed by atoms with Crippen molar-refractivity contribution < 1.29 is 15.0 Å². The van der Waals surface area contributed by atoms with E-state index in [4.69, 9.17) is 0 Å². The number of aromatic hydroxyl groups is 1. The van der Waals surface area contributed by atoms with Crippen molar-refractivity contribution in [2.24, 2.45) is 0 Å². The Morgan fingerprint density at radius 3 is 2.09 bits per heavy atom. The van der Waals surface area contributed by atoms with E-state index in [1.807, 2.05) is 0 Å². The van der Waals surface area contributed by atoms with E-state index in [1.165, 1.54) is 19.3 Å². The number of phenols is 1. The first kappa shape index (κ1) is 17.9. The van der Waals surface area contributed by atoms with E-state index >= 15 is 0 Å². The molecule has 0 unspecified atom stereocenters. The van der Waals surface area contributed by atoms with Gasteiger partial charge in [0.1, 0.15) is 5.75 Å². The molecular formula is C15H22N2O5. The predicted molar refractivity (Wildman–Crippen MR) is 83.1 cm³/mol. The summed E-state index contributed by atoms with van der Waals surface area (Å²) in [6.07, 6.45) is 7.55. The summed E-state index contributed by atoms with van der Waals surface area (Å²) in [5.74, 6) is -0.247.